The second-order valence-electron chi connectivity index (χ2n) is 9.54. The van der Waals surface area contributed by atoms with Gasteiger partial charge < -0.3 is 21.5 Å². The van der Waals surface area contributed by atoms with Crippen LogP contribution < -0.4 is 21.5 Å². The Morgan fingerprint density at radius 3 is 2.79 bits per heavy atom. The molecule has 5 atom stereocenters. The van der Waals surface area contributed by atoms with Crippen molar-refractivity contribution in [3.8, 4) is 5.75 Å². The van der Waals surface area contributed by atoms with Gasteiger partial charge in [-0.25, -0.2) is 0 Å². The van der Waals surface area contributed by atoms with Crippen LogP contribution in [0.1, 0.15) is 68.9 Å². The molecule has 2 saturated carbocycles. The van der Waals surface area contributed by atoms with Gasteiger partial charge in [0.15, 0.2) is 0 Å². The fourth-order valence-corrected chi connectivity index (χ4v) is 6.64. The first-order valence-corrected chi connectivity index (χ1v) is 11.6. The van der Waals surface area contributed by atoms with Crippen LogP contribution in [-0.2, 0) is 6.42 Å². The van der Waals surface area contributed by atoms with Crippen LogP contribution in [-0.4, -0.2) is 32.3 Å². The molecule has 4 unspecified atom stereocenters. The van der Waals surface area contributed by atoms with Gasteiger partial charge in [-0.2, -0.15) is 0 Å². The van der Waals surface area contributed by atoms with Crippen molar-refractivity contribution in [2.24, 2.45) is 28.7 Å². The van der Waals surface area contributed by atoms with Gasteiger partial charge in [-0.05, 0) is 117 Å². The number of benzene rings is 1. The van der Waals surface area contributed by atoms with E-state index in [9.17, 15) is 0 Å². The molecule has 5 N–H and O–H groups in total. The lowest BCUT2D eigenvalue weighted by Crippen LogP contribution is -2.49. The number of hydrogen-bond donors (Lipinski definition) is 3. The van der Waals surface area contributed by atoms with Gasteiger partial charge in [0.25, 0.3) is 0 Å². The highest BCUT2D eigenvalue weighted by Crippen LogP contribution is 2.60. The van der Waals surface area contributed by atoms with Crippen molar-refractivity contribution in [2.45, 2.75) is 70.3 Å². The molecule has 0 spiro atoms. The first-order chi connectivity index (χ1) is 13.7. The maximum atomic E-state index is 5.90. The highest BCUT2D eigenvalue weighted by atomic mass is 16.5. The van der Waals surface area contributed by atoms with E-state index >= 15 is 0 Å². The zero-order chi connectivity index (χ0) is 19.6. The molecule has 4 rings (SSSR count). The summed E-state index contributed by atoms with van der Waals surface area (Å²) in [6.45, 7) is 5.86. The number of nitrogens with one attached hydrogen (secondary N) is 1. The molecule has 0 saturated heterocycles. The Kier molecular flexibility index (Phi) is 6.29. The lowest BCUT2D eigenvalue weighted by Gasteiger charge is -2.51. The van der Waals surface area contributed by atoms with E-state index in [1.807, 2.05) is 0 Å². The van der Waals surface area contributed by atoms with E-state index in [-0.39, 0.29) is 0 Å². The zero-order valence-electron chi connectivity index (χ0n) is 17.6. The largest absolute Gasteiger partial charge is 0.494 e. The predicted octanol–water partition coefficient (Wildman–Crippen LogP) is 3.58. The van der Waals surface area contributed by atoms with E-state index in [1.54, 1.807) is 5.56 Å². The van der Waals surface area contributed by atoms with Crippen LogP contribution >= 0.6 is 0 Å². The van der Waals surface area contributed by atoms with Crippen LogP contribution in [0.15, 0.2) is 18.2 Å². The smallest absolute Gasteiger partial charge is 0.119 e. The van der Waals surface area contributed by atoms with E-state index < -0.39 is 0 Å². The van der Waals surface area contributed by atoms with Crippen LogP contribution in [0.3, 0.4) is 0 Å². The molecule has 4 heteroatoms. The number of aryl methyl sites for hydroxylation is 1. The van der Waals surface area contributed by atoms with Crippen LogP contribution in [0.2, 0.25) is 0 Å². The maximum Gasteiger partial charge on any atom is 0.119 e. The summed E-state index contributed by atoms with van der Waals surface area (Å²) in [5.74, 6) is 3.51. The molecular weight excluding hydrogens is 346 g/mol. The van der Waals surface area contributed by atoms with Gasteiger partial charge in [0, 0.05) is 6.04 Å². The average molecular weight is 386 g/mol. The predicted molar refractivity (Wildman–Crippen MR) is 116 cm³/mol. The summed E-state index contributed by atoms with van der Waals surface area (Å²) >= 11 is 0. The average Bonchev–Trinajstić information content (AvgIpc) is 3.04. The molecule has 0 bridgehead atoms. The number of nitrogens with two attached hydrogens (primary N) is 2. The fraction of sp³-hybridized carbons (Fsp3) is 0.750. The lowest BCUT2D eigenvalue weighted by molar-refractivity contribution is 0.0413. The molecule has 0 aliphatic heterocycles. The monoisotopic (exact) mass is 385 g/mol. The molecule has 4 nitrogen and oxygen atoms in total. The Labute approximate surface area is 170 Å². The van der Waals surface area contributed by atoms with Crippen molar-refractivity contribution in [2.75, 3.05) is 26.2 Å². The number of fused-ring (bicyclic) bond motifs is 5. The Bertz CT molecular complexity index is 663. The topological polar surface area (TPSA) is 73.3 Å². The number of rotatable bonds is 8. The first kappa shape index (κ1) is 20.2. The minimum absolute atomic E-state index is 0.471. The minimum atomic E-state index is 0.471. The molecule has 0 amide bonds. The molecule has 3 aliphatic rings. The molecule has 2 fully saturated rings. The van der Waals surface area contributed by atoms with Crippen molar-refractivity contribution in [3.63, 3.8) is 0 Å². The Balaban J connectivity index is 1.46. The molecule has 0 aromatic heterocycles. The molecule has 0 radical (unpaired) electrons. The second-order valence-corrected chi connectivity index (χ2v) is 9.54. The Morgan fingerprint density at radius 2 is 1.96 bits per heavy atom. The summed E-state index contributed by atoms with van der Waals surface area (Å²) in [6, 6.07) is 7.56. The molecule has 1 aromatic carbocycles. The first-order valence-electron chi connectivity index (χ1n) is 11.6. The van der Waals surface area contributed by atoms with Gasteiger partial charge >= 0.3 is 0 Å². The van der Waals surface area contributed by atoms with Crippen molar-refractivity contribution in [1.29, 1.82) is 0 Å². The normalized spacial score (nSPS) is 33.8. The highest BCUT2D eigenvalue weighted by molar-refractivity contribution is 5.40. The summed E-state index contributed by atoms with van der Waals surface area (Å²) in [7, 11) is 0. The third-order valence-electron chi connectivity index (χ3n) is 8.09. The van der Waals surface area contributed by atoms with E-state index in [0.717, 1.165) is 56.0 Å². The van der Waals surface area contributed by atoms with Crippen LogP contribution in [0.5, 0.6) is 5.75 Å². The van der Waals surface area contributed by atoms with Crippen LogP contribution in [0.4, 0.5) is 0 Å². The third kappa shape index (κ3) is 3.71. The van der Waals surface area contributed by atoms with Gasteiger partial charge in [0.2, 0.25) is 0 Å². The maximum absolute atomic E-state index is 5.90. The van der Waals surface area contributed by atoms with Gasteiger partial charge in [0.05, 0.1) is 6.61 Å². The third-order valence-corrected chi connectivity index (χ3v) is 8.09. The second kappa shape index (κ2) is 8.73. The van der Waals surface area contributed by atoms with Crippen LogP contribution in [0, 0.1) is 17.3 Å². The summed E-state index contributed by atoms with van der Waals surface area (Å²) in [5.41, 5.74) is 14.9. The summed E-state index contributed by atoms with van der Waals surface area (Å²) in [5, 5.41) is 3.86. The molecular formula is C24H39N3O. The Hall–Kier alpha value is -1.10. The zero-order valence-corrected chi connectivity index (χ0v) is 17.6. The van der Waals surface area contributed by atoms with E-state index in [0.29, 0.717) is 18.0 Å². The molecule has 0 heterocycles. The van der Waals surface area contributed by atoms with Gasteiger partial charge in [-0.15, -0.1) is 0 Å². The SMILES string of the molecule is C[C@]12CCC3c4ccc(OCCCN)cc4CCC3C1CCC2NCCCN. The standard InChI is InChI=1S/C24H39N3O/c1-24-11-10-20-19-7-5-18(28-15-3-13-26)16-17(19)4-6-21(20)22(24)8-9-23(24)27-14-2-12-25/h5,7,16,20-23,27H,2-4,6,8-15,25-26H2,1H3/t20?,21?,22?,23?,24-/m0/s1. The van der Waals surface area contributed by atoms with Gasteiger partial charge in [-0.3, -0.25) is 0 Å². The van der Waals surface area contributed by atoms with Gasteiger partial charge in [-0.1, -0.05) is 13.0 Å². The van der Waals surface area contributed by atoms with E-state index in [1.165, 1.54) is 44.1 Å². The van der Waals surface area contributed by atoms with E-state index in [2.05, 4.69) is 30.4 Å². The lowest BCUT2D eigenvalue weighted by atomic mass is 9.55. The van der Waals surface area contributed by atoms with Crippen molar-refractivity contribution in [1.82, 2.24) is 5.32 Å². The summed E-state index contributed by atoms with van der Waals surface area (Å²) in [4.78, 5) is 0. The molecule has 28 heavy (non-hydrogen) atoms. The summed E-state index contributed by atoms with van der Waals surface area (Å²) in [6.07, 6.45) is 10.0. The quantitative estimate of drug-likeness (QED) is 0.598. The Morgan fingerprint density at radius 1 is 1.11 bits per heavy atom. The number of ether oxygens (including phenoxy) is 1. The molecule has 1 aromatic rings. The van der Waals surface area contributed by atoms with Crippen molar-refractivity contribution in [3.05, 3.63) is 29.3 Å². The summed E-state index contributed by atoms with van der Waals surface area (Å²) < 4.78 is 5.90. The molecule has 156 valence electrons. The fourth-order valence-electron chi connectivity index (χ4n) is 6.64. The highest BCUT2D eigenvalue weighted by Gasteiger charge is 2.54. The van der Waals surface area contributed by atoms with Crippen molar-refractivity contribution >= 4 is 0 Å². The minimum Gasteiger partial charge on any atom is -0.494 e. The number of hydrogen-bond acceptors (Lipinski definition) is 4. The van der Waals surface area contributed by atoms with Crippen molar-refractivity contribution < 1.29 is 4.74 Å². The van der Waals surface area contributed by atoms with Crippen LogP contribution in [0.25, 0.3) is 0 Å². The van der Waals surface area contributed by atoms with E-state index in [4.69, 9.17) is 16.2 Å². The molecule has 3 aliphatic carbocycles. The van der Waals surface area contributed by atoms with Gasteiger partial charge in [0.1, 0.15) is 5.75 Å².